The number of benzene rings is 10. The highest BCUT2D eigenvalue weighted by Crippen LogP contribution is 2.65. The van der Waals surface area contributed by atoms with E-state index in [1.54, 1.807) is 22.3 Å². The Bertz CT molecular complexity index is 4840. The van der Waals surface area contributed by atoms with Crippen LogP contribution in [0, 0.1) is 0 Å². The quantitative estimate of drug-likeness (QED) is 0.0298. The van der Waals surface area contributed by atoms with Crippen molar-refractivity contribution in [2.75, 3.05) is 0 Å². The molecule has 2 saturated heterocycles. The largest absolute Gasteiger partial charge is 0.494 e. The number of fused-ring (bicyclic) bond motifs is 12. The van der Waals surface area contributed by atoms with Gasteiger partial charge in [0, 0.05) is 19.8 Å². The molecule has 0 spiro atoms. The molecule has 10 aromatic rings. The van der Waals surface area contributed by atoms with E-state index in [1.807, 2.05) is 0 Å². The smallest absolute Gasteiger partial charge is 0.399 e. The molecule has 0 atom stereocenters. The molecule has 0 bridgehead atoms. The number of hydrogen-bond donors (Lipinski definition) is 0. The van der Waals surface area contributed by atoms with Crippen molar-refractivity contribution in [1.29, 1.82) is 0 Å². The van der Waals surface area contributed by atoms with Gasteiger partial charge in [-0.1, -0.05) is 384 Å². The molecule has 4 aliphatic carbocycles. The van der Waals surface area contributed by atoms with Gasteiger partial charge in [-0.25, -0.2) is 0 Å². The van der Waals surface area contributed by atoms with Gasteiger partial charge in [0.1, 0.15) is 0 Å². The van der Waals surface area contributed by atoms with Crippen LogP contribution >= 0.6 is 31.9 Å². The predicted octanol–water partition coefficient (Wildman–Crippen LogP) is 29.8. The number of unbranched alkanes of at least 4 members (excludes halogenated alkanes) is 20. The monoisotopic (exact) mass is 1670 g/mol. The topological polar surface area (TPSA) is 36.9 Å². The summed E-state index contributed by atoms with van der Waals surface area (Å²) in [5.74, 6) is 0. The lowest BCUT2D eigenvalue weighted by Gasteiger charge is -2.35. The van der Waals surface area contributed by atoms with Crippen LogP contribution in [0.25, 0.3) is 44.5 Å². The van der Waals surface area contributed by atoms with E-state index in [4.69, 9.17) is 18.6 Å². The summed E-state index contributed by atoms with van der Waals surface area (Å²) in [4.78, 5) is 0. The third kappa shape index (κ3) is 15.5. The first-order chi connectivity index (χ1) is 56.1. The predicted molar refractivity (Wildman–Crippen MR) is 499 cm³/mol. The molecule has 116 heavy (non-hydrogen) atoms. The molecule has 0 N–H and O–H groups in total. The maximum atomic E-state index is 6.59. The zero-order valence-electron chi connectivity index (χ0n) is 72.1. The molecule has 2 fully saturated rings. The van der Waals surface area contributed by atoms with Crippen molar-refractivity contribution in [3.63, 3.8) is 0 Å². The molecule has 604 valence electrons. The summed E-state index contributed by atoms with van der Waals surface area (Å²) in [6.07, 6.45) is 36.6. The maximum Gasteiger partial charge on any atom is 0.494 e. The Morgan fingerprint density at radius 1 is 0.233 bits per heavy atom. The third-order valence-corrected chi connectivity index (χ3v) is 30.0. The van der Waals surface area contributed by atoms with Gasteiger partial charge < -0.3 is 18.6 Å². The first kappa shape index (κ1) is 84.2. The van der Waals surface area contributed by atoms with Gasteiger partial charge in [0.05, 0.1) is 33.2 Å². The summed E-state index contributed by atoms with van der Waals surface area (Å²) < 4.78 is 28.6. The van der Waals surface area contributed by atoms with Crippen LogP contribution in [0.2, 0.25) is 0 Å². The maximum absolute atomic E-state index is 6.59. The summed E-state index contributed by atoms with van der Waals surface area (Å²) in [5.41, 5.74) is 27.4. The summed E-state index contributed by atoms with van der Waals surface area (Å²) in [6.45, 7) is 26.3. The van der Waals surface area contributed by atoms with Crippen molar-refractivity contribution in [2.45, 2.75) is 307 Å². The van der Waals surface area contributed by atoms with E-state index in [0.717, 1.165) is 19.9 Å². The van der Waals surface area contributed by atoms with Gasteiger partial charge in [0.2, 0.25) is 0 Å². The Kier molecular flexibility index (Phi) is 25.7. The molecule has 0 saturated carbocycles. The molecule has 2 heterocycles. The Hall–Kier alpha value is -6.87. The van der Waals surface area contributed by atoms with E-state index in [9.17, 15) is 0 Å². The lowest BCUT2D eigenvalue weighted by molar-refractivity contribution is 0.00578. The van der Waals surface area contributed by atoms with Crippen LogP contribution in [0.4, 0.5) is 0 Å². The van der Waals surface area contributed by atoms with E-state index in [1.165, 1.54) is 269 Å². The minimum absolute atomic E-state index is 0.00830. The SMILES string of the molecule is CCCCCCCCC1(CCCCCCCC)c2ccccc2-c2cc3c(cc21)-c1ccccc1C3(c1ccc(B2OC(C)(C)C(C)(C)O2)cc1)c1ccc(B2OC(C)(C)C(C)(C)O2)cc1.CCCCCCCCC1(CCCCCCCC)c2ccccc2-c2cc3c(cc21)-c1ccccc1C3(c1ccc(Br)cc1)c1ccc(Br)cc1. The van der Waals surface area contributed by atoms with E-state index < -0.39 is 47.5 Å². The first-order valence-electron chi connectivity index (χ1n) is 45.4. The molecule has 4 nitrogen and oxygen atoms in total. The molecule has 6 aliphatic rings. The van der Waals surface area contributed by atoms with Gasteiger partial charge >= 0.3 is 14.2 Å². The summed E-state index contributed by atoms with van der Waals surface area (Å²) >= 11 is 7.48. The summed E-state index contributed by atoms with van der Waals surface area (Å²) in [6, 6.07) is 84.6. The zero-order chi connectivity index (χ0) is 81.1. The van der Waals surface area contributed by atoms with Crippen molar-refractivity contribution in [1.82, 2.24) is 0 Å². The number of halogens is 2. The van der Waals surface area contributed by atoms with Crippen molar-refractivity contribution < 1.29 is 18.6 Å². The zero-order valence-corrected chi connectivity index (χ0v) is 75.3. The van der Waals surface area contributed by atoms with Gasteiger partial charge in [-0.2, -0.15) is 0 Å². The fourth-order valence-corrected chi connectivity index (χ4v) is 21.8. The minimum atomic E-state index is -0.595. The van der Waals surface area contributed by atoms with Crippen LogP contribution in [-0.4, -0.2) is 36.6 Å². The molecular formula is C108H128B2Br2O4. The third-order valence-electron chi connectivity index (χ3n) is 29.0. The first-order valence-corrected chi connectivity index (χ1v) is 46.9. The molecule has 2 aliphatic heterocycles. The molecule has 8 heteroatoms. The van der Waals surface area contributed by atoms with Gasteiger partial charge in [-0.3, -0.25) is 0 Å². The Labute approximate surface area is 715 Å². The van der Waals surface area contributed by atoms with E-state index in [2.05, 4.69) is 333 Å². The minimum Gasteiger partial charge on any atom is -0.399 e. The van der Waals surface area contributed by atoms with Crippen LogP contribution in [0.3, 0.4) is 0 Å². The molecule has 0 radical (unpaired) electrons. The molecule has 0 aromatic heterocycles. The fraction of sp³-hybridized carbons (Fsp3) is 0.444. The van der Waals surface area contributed by atoms with Crippen LogP contribution in [0.1, 0.15) is 330 Å². The van der Waals surface area contributed by atoms with Crippen molar-refractivity contribution in [2.24, 2.45) is 0 Å². The van der Waals surface area contributed by atoms with Crippen LogP contribution in [-0.2, 0) is 40.3 Å². The van der Waals surface area contributed by atoms with Crippen molar-refractivity contribution in [3.8, 4) is 44.5 Å². The lowest BCUT2D eigenvalue weighted by Crippen LogP contribution is -2.41. The molecular weight excluding hydrogens is 1540 g/mol. The molecule has 0 amide bonds. The van der Waals surface area contributed by atoms with Gasteiger partial charge in [-0.15, -0.1) is 0 Å². The number of rotatable bonds is 34. The molecule has 0 unspecified atom stereocenters. The fourth-order valence-electron chi connectivity index (χ4n) is 21.3. The van der Waals surface area contributed by atoms with Crippen LogP contribution in [0.15, 0.2) is 227 Å². The highest BCUT2D eigenvalue weighted by atomic mass is 79.9. The van der Waals surface area contributed by atoms with Crippen molar-refractivity contribution >= 4 is 57.0 Å². The molecule has 10 aromatic carbocycles. The standard InChI is InChI=1S/C60H76B2O4.C48H52Br2/c1-11-13-15-17-19-25-39-59(40-26-20-18-16-14-12-2)51-29-23-21-27-47(51)49-42-54-50(41-53(49)59)48-28-22-24-30-52(48)60(54,43-31-35-45(36-32-43)61-63-55(3,4)56(5,6)64-61)44-33-37-46(38-34-44)62-65-57(7,8)58(9,10)66-62;1-3-5-7-9-11-17-31-47(32-18-12-10-8-6-4-2)43-21-15-13-19-39(43)41-34-46-42(33-45(41)47)40-20-14-16-22-44(40)48(46,35-23-27-37(49)28-24-35)36-25-29-38(50)30-26-36/h21-24,27-38,41-42H,11-20,25-26,39-40H2,1-10H3;13-16,19-30,33-34H,3-12,17-18,31-32H2,1-2H3. The second-order valence-electron chi connectivity index (χ2n) is 37.2. The van der Waals surface area contributed by atoms with E-state index >= 15 is 0 Å². The van der Waals surface area contributed by atoms with Gasteiger partial charge in [0.25, 0.3) is 0 Å². The van der Waals surface area contributed by atoms with Crippen molar-refractivity contribution in [3.05, 3.63) is 294 Å². The Balaban J connectivity index is 0.000000189. The summed E-state index contributed by atoms with van der Waals surface area (Å²) in [5, 5.41) is 0. The van der Waals surface area contributed by atoms with E-state index in [-0.39, 0.29) is 10.8 Å². The second-order valence-corrected chi connectivity index (χ2v) is 39.1. The summed E-state index contributed by atoms with van der Waals surface area (Å²) in [7, 11) is -0.873. The average molecular weight is 1670 g/mol. The van der Waals surface area contributed by atoms with E-state index in [0.29, 0.717) is 0 Å². The Morgan fingerprint density at radius 3 is 0.741 bits per heavy atom. The van der Waals surface area contributed by atoms with Gasteiger partial charge in [-0.05, 0) is 252 Å². The normalized spacial score (nSPS) is 17.5. The highest BCUT2D eigenvalue weighted by Gasteiger charge is 2.56. The molecule has 16 rings (SSSR count). The second kappa shape index (κ2) is 35.4. The van der Waals surface area contributed by atoms with Crippen LogP contribution in [0.5, 0.6) is 0 Å². The van der Waals surface area contributed by atoms with Gasteiger partial charge in [0.15, 0.2) is 0 Å². The highest BCUT2D eigenvalue weighted by molar-refractivity contribution is 9.10. The average Bonchev–Trinajstić information content (AvgIpc) is 1.54. The number of hydrogen-bond acceptors (Lipinski definition) is 4. The lowest BCUT2D eigenvalue weighted by atomic mass is 9.65. The Morgan fingerprint density at radius 2 is 0.457 bits per heavy atom. The van der Waals surface area contributed by atoms with Crippen LogP contribution < -0.4 is 10.9 Å².